The van der Waals surface area contributed by atoms with Crippen molar-refractivity contribution in [3.05, 3.63) is 54.1 Å². The Morgan fingerprint density at radius 3 is 2.58 bits per heavy atom. The molecule has 1 fully saturated rings. The van der Waals surface area contributed by atoms with Crippen molar-refractivity contribution in [2.45, 2.75) is 13.1 Å². The summed E-state index contributed by atoms with van der Waals surface area (Å²) < 4.78 is 38.7. The molecule has 0 atom stereocenters. The first-order chi connectivity index (χ1) is 14.8. The number of aryl methyl sites for hydroxylation is 1. The van der Waals surface area contributed by atoms with E-state index in [-0.39, 0.29) is 18.4 Å². The summed E-state index contributed by atoms with van der Waals surface area (Å²) in [6.07, 6.45) is -0.199. The van der Waals surface area contributed by atoms with Gasteiger partial charge in [0.25, 0.3) is 0 Å². The van der Waals surface area contributed by atoms with Gasteiger partial charge in [0, 0.05) is 42.9 Å². The van der Waals surface area contributed by atoms with Crippen LogP contribution in [0.1, 0.15) is 11.3 Å². The molecule has 11 heteroatoms. The number of hydrogen-bond donors (Lipinski definition) is 2. The lowest BCUT2D eigenvalue weighted by atomic mass is 10.1. The van der Waals surface area contributed by atoms with Crippen LogP contribution in [-0.2, 0) is 11.0 Å². The highest BCUT2D eigenvalue weighted by atomic mass is 19.4. The molecule has 2 N–H and O–H groups in total. The van der Waals surface area contributed by atoms with Crippen LogP contribution >= 0.6 is 0 Å². The number of anilines is 3. The molecule has 2 aromatic heterocycles. The van der Waals surface area contributed by atoms with Gasteiger partial charge in [-0.05, 0) is 36.2 Å². The van der Waals surface area contributed by atoms with Gasteiger partial charge < -0.3 is 15.5 Å². The van der Waals surface area contributed by atoms with Crippen molar-refractivity contribution in [3.8, 4) is 11.1 Å². The third kappa shape index (κ3) is 4.87. The molecule has 1 saturated heterocycles. The molecule has 1 amide bonds. The summed E-state index contributed by atoms with van der Waals surface area (Å²) in [6.45, 7) is 3.23. The third-order valence-corrected chi connectivity index (χ3v) is 4.57. The van der Waals surface area contributed by atoms with Crippen LogP contribution in [-0.4, -0.2) is 45.5 Å². The summed E-state index contributed by atoms with van der Waals surface area (Å²) in [4.78, 5) is 29.5. The number of nitrogens with zero attached hydrogens (tertiary/aromatic N) is 5. The lowest BCUT2D eigenvalue weighted by molar-refractivity contribution is -0.141. The van der Waals surface area contributed by atoms with Gasteiger partial charge in [0.2, 0.25) is 17.8 Å². The fraction of sp³-hybridized carbons (Fsp3) is 0.250. The molecule has 0 saturated carbocycles. The van der Waals surface area contributed by atoms with Gasteiger partial charge in [0.15, 0.2) is 0 Å². The van der Waals surface area contributed by atoms with Crippen LogP contribution in [0.25, 0.3) is 11.1 Å². The molecule has 0 bridgehead atoms. The number of benzene rings is 1. The maximum Gasteiger partial charge on any atom is 0.433 e. The predicted molar refractivity (Wildman–Crippen MR) is 108 cm³/mol. The van der Waals surface area contributed by atoms with E-state index >= 15 is 0 Å². The molecule has 0 unspecified atom stereocenters. The van der Waals surface area contributed by atoms with E-state index in [1.807, 2.05) is 13.0 Å². The molecular formula is C20H18F3N7O. The van der Waals surface area contributed by atoms with Crippen LogP contribution in [0.3, 0.4) is 0 Å². The summed E-state index contributed by atoms with van der Waals surface area (Å²) in [7, 11) is 0. The van der Waals surface area contributed by atoms with Gasteiger partial charge in [-0.25, -0.2) is 19.9 Å². The zero-order chi connectivity index (χ0) is 22.0. The van der Waals surface area contributed by atoms with E-state index in [1.165, 1.54) is 0 Å². The monoisotopic (exact) mass is 429 g/mol. The molecule has 0 spiro atoms. The van der Waals surface area contributed by atoms with Crippen LogP contribution in [0, 0.1) is 6.92 Å². The van der Waals surface area contributed by atoms with Crippen LogP contribution in [0.4, 0.5) is 30.8 Å². The first kappa shape index (κ1) is 20.5. The molecule has 3 heterocycles. The molecule has 8 nitrogen and oxygen atoms in total. The van der Waals surface area contributed by atoms with Crippen molar-refractivity contribution >= 4 is 23.5 Å². The Balaban J connectivity index is 1.56. The first-order valence-corrected chi connectivity index (χ1v) is 9.41. The summed E-state index contributed by atoms with van der Waals surface area (Å²) in [5.74, 6) is 0.230. The second-order valence-electron chi connectivity index (χ2n) is 7.02. The first-order valence-electron chi connectivity index (χ1n) is 9.41. The van der Waals surface area contributed by atoms with Gasteiger partial charge in [0.05, 0.1) is 6.54 Å². The normalized spacial score (nSPS) is 14.3. The number of piperazine rings is 1. The van der Waals surface area contributed by atoms with Crippen LogP contribution in [0.15, 0.2) is 42.9 Å². The highest BCUT2D eigenvalue weighted by Crippen LogP contribution is 2.29. The fourth-order valence-electron chi connectivity index (χ4n) is 3.17. The summed E-state index contributed by atoms with van der Waals surface area (Å²) in [5, 5.41) is 5.57. The van der Waals surface area contributed by atoms with E-state index in [4.69, 9.17) is 0 Å². The van der Waals surface area contributed by atoms with Crippen LogP contribution < -0.4 is 15.5 Å². The van der Waals surface area contributed by atoms with Gasteiger partial charge >= 0.3 is 6.18 Å². The second kappa shape index (κ2) is 8.17. The van der Waals surface area contributed by atoms with E-state index < -0.39 is 11.9 Å². The molecule has 4 rings (SSSR count). The van der Waals surface area contributed by atoms with Crippen LogP contribution in [0.2, 0.25) is 0 Å². The average Bonchev–Trinajstić information content (AvgIpc) is 2.73. The summed E-state index contributed by atoms with van der Waals surface area (Å²) >= 11 is 0. The molecule has 0 radical (unpaired) electrons. The number of hydrogen-bond acceptors (Lipinski definition) is 7. The summed E-state index contributed by atoms with van der Waals surface area (Å²) in [6, 6.07) is 6.25. The van der Waals surface area contributed by atoms with Gasteiger partial charge in [-0.15, -0.1) is 0 Å². The molecule has 1 aromatic carbocycles. The molecule has 0 aliphatic carbocycles. The van der Waals surface area contributed by atoms with Crippen molar-refractivity contribution in [2.24, 2.45) is 0 Å². The molecule has 3 aromatic rings. The number of alkyl halides is 3. The fourth-order valence-corrected chi connectivity index (χ4v) is 3.17. The molecule has 31 heavy (non-hydrogen) atoms. The minimum Gasteiger partial charge on any atom is -0.353 e. The van der Waals surface area contributed by atoms with E-state index in [1.54, 1.807) is 29.4 Å². The van der Waals surface area contributed by atoms with Crippen molar-refractivity contribution in [2.75, 3.05) is 29.9 Å². The number of nitrogens with one attached hydrogen (secondary N) is 2. The number of rotatable bonds is 4. The van der Waals surface area contributed by atoms with E-state index in [0.717, 1.165) is 29.0 Å². The highest BCUT2D eigenvalue weighted by Gasteiger charge is 2.32. The highest BCUT2D eigenvalue weighted by molar-refractivity contribution is 5.82. The van der Waals surface area contributed by atoms with Crippen molar-refractivity contribution in [1.82, 2.24) is 25.3 Å². The van der Waals surface area contributed by atoms with Crippen molar-refractivity contribution in [1.29, 1.82) is 0 Å². The molecule has 160 valence electrons. The van der Waals surface area contributed by atoms with Gasteiger partial charge in [-0.3, -0.25) is 4.79 Å². The Morgan fingerprint density at radius 1 is 1.10 bits per heavy atom. The minimum atomic E-state index is -4.55. The quantitative estimate of drug-likeness (QED) is 0.658. The number of halogens is 3. The smallest absolute Gasteiger partial charge is 0.353 e. The largest absolute Gasteiger partial charge is 0.433 e. The predicted octanol–water partition coefficient (Wildman–Crippen LogP) is 2.94. The minimum absolute atomic E-state index is 0.0786. The summed E-state index contributed by atoms with van der Waals surface area (Å²) in [5.41, 5.74) is 1.89. The zero-order valence-corrected chi connectivity index (χ0v) is 16.4. The van der Waals surface area contributed by atoms with Crippen LogP contribution in [0.5, 0.6) is 0 Å². The zero-order valence-electron chi connectivity index (χ0n) is 16.4. The Labute approximate surface area is 175 Å². The molecular weight excluding hydrogens is 411 g/mol. The number of carbonyl (C=O) groups is 1. The van der Waals surface area contributed by atoms with Gasteiger partial charge in [-0.1, -0.05) is 6.07 Å². The van der Waals surface area contributed by atoms with Crippen molar-refractivity contribution < 1.29 is 18.0 Å². The van der Waals surface area contributed by atoms with E-state index in [2.05, 4.69) is 30.6 Å². The molecule has 1 aliphatic heterocycles. The topological polar surface area (TPSA) is 95.9 Å². The molecule has 1 aliphatic rings. The van der Waals surface area contributed by atoms with E-state index in [9.17, 15) is 18.0 Å². The lowest BCUT2D eigenvalue weighted by Crippen LogP contribution is -2.48. The van der Waals surface area contributed by atoms with Gasteiger partial charge in [-0.2, -0.15) is 13.2 Å². The lowest BCUT2D eigenvalue weighted by Gasteiger charge is -2.26. The van der Waals surface area contributed by atoms with Gasteiger partial charge in [0.1, 0.15) is 5.69 Å². The number of carbonyl (C=O) groups excluding carboxylic acids is 1. The number of amides is 1. The van der Waals surface area contributed by atoms with Crippen molar-refractivity contribution in [3.63, 3.8) is 0 Å². The maximum absolute atomic E-state index is 12.9. The Morgan fingerprint density at radius 2 is 1.87 bits per heavy atom. The maximum atomic E-state index is 12.9. The Kier molecular flexibility index (Phi) is 5.40. The SMILES string of the molecule is Cc1cc(Nc2nccc(C(F)(F)F)n2)cc(-c2cnc(N3CCNC(=O)C3)nc2)c1. The van der Waals surface area contributed by atoms with E-state index in [0.29, 0.717) is 24.7 Å². The standard InChI is InChI=1S/C20H18F3N7O/c1-12-6-13(14-9-26-19(27-10-14)30-5-4-24-17(31)11-30)8-15(7-12)28-18-25-3-2-16(29-18)20(21,22)23/h2-3,6-10H,4-5,11H2,1H3,(H,24,31)(H,25,28,29). The number of aromatic nitrogens is 4. The average molecular weight is 429 g/mol. The Bertz CT molecular complexity index is 1100. The Hall–Kier alpha value is -3.76. The second-order valence-corrected chi connectivity index (χ2v) is 7.02. The third-order valence-electron chi connectivity index (χ3n) is 4.57.